The first kappa shape index (κ1) is 17.1. The molecule has 134 valence electrons. The van der Waals surface area contributed by atoms with Crippen molar-refractivity contribution in [2.45, 2.75) is 37.5 Å². The molecular formula is C13H16F4N4O3. The number of nitrogens with zero attached hydrogens (tertiary/aromatic N) is 4. The minimum Gasteiger partial charge on any atom is -0.370 e. The molecule has 0 aromatic carbocycles. The number of amides is 1. The number of carbonyl (C=O) groups is 1. The van der Waals surface area contributed by atoms with Gasteiger partial charge >= 0.3 is 12.3 Å². The van der Waals surface area contributed by atoms with E-state index in [1.165, 1.54) is 4.90 Å². The predicted molar refractivity (Wildman–Crippen MR) is 70.6 cm³/mol. The molecule has 3 rings (SSSR count). The van der Waals surface area contributed by atoms with Gasteiger partial charge < -0.3 is 14.4 Å². The van der Waals surface area contributed by atoms with Crippen molar-refractivity contribution in [1.29, 1.82) is 0 Å². The molecule has 2 unspecified atom stereocenters. The zero-order valence-corrected chi connectivity index (χ0v) is 12.6. The Morgan fingerprint density at radius 2 is 2.29 bits per heavy atom. The molecule has 3 heterocycles. The monoisotopic (exact) mass is 352 g/mol. The van der Waals surface area contributed by atoms with E-state index in [9.17, 15) is 22.4 Å². The van der Waals surface area contributed by atoms with Crippen molar-refractivity contribution in [2.24, 2.45) is 0 Å². The maximum absolute atomic E-state index is 12.8. The highest BCUT2D eigenvalue weighted by atomic mass is 19.3. The van der Waals surface area contributed by atoms with Crippen LogP contribution in [0.4, 0.5) is 17.6 Å². The Bertz CT molecular complexity index is 598. The molecule has 1 aromatic rings. The fourth-order valence-corrected chi connectivity index (χ4v) is 2.83. The molecule has 11 heteroatoms. The van der Waals surface area contributed by atoms with Crippen LogP contribution in [0, 0.1) is 0 Å². The van der Waals surface area contributed by atoms with E-state index in [2.05, 4.69) is 15.0 Å². The third-order valence-corrected chi connectivity index (χ3v) is 4.12. The van der Waals surface area contributed by atoms with Crippen LogP contribution in [-0.2, 0) is 20.9 Å². The van der Waals surface area contributed by atoms with Gasteiger partial charge in [0.15, 0.2) is 0 Å². The summed E-state index contributed by atoms with van der Waals surface area (Å²) in [5.41, 5.74) is 0.790. The molecule has 0 spiro atoms. The zero-order chi connectivity index (χ0) is 17.3. The van der Waals surface area contributed by atoms with Gasteiger partial charge in [-0.2, -0.15) is 8.78 Å². The Hall–Kier alpha value is -1.75. The molecule has 1 fully saturated rings. The molecule has 0 radical (unpaired) electrons. The second-order valence-electron chi connectivity index (χ2n) is 5.77. The maximum Gasteiger partial charge on any atom is 0.330 e. The summed E-state index contributed by atoms with van der Waals surface area (Å²) in [6, 6.07) is -0.212. The predicted octanol–water partition coefficient (Wildman–Crippen LogP) is 0.867. The summed E-state index contributed by atoms with van der Waals surface area (Å²) < 4.78 is 61.4. The van der Waals surface area contributed by atoms with E-state index >= 15 is 0 Å². The average molecular weight is 352 g/mol. The average Bonchev–Trinajstić information content (AvgIpc) is 3.03. The smallest absolute Gasteiger partial charge is 0.330 e. The number of likely N-dealkylation sites (tertiary alicyclic amines) is 1. The molecule has 0 bridgehead atoms. The van der Waals surface area contributed by atoms with Crippen LogP contribution >= 0.6 is 0 Å². The first-order valence-electron chi connectivity index (χ1n) is 7.40. The number of ether oxygens (including phenoxy) is 2. The van der Waals surface area contributed by atoms with Crippen LogP contribution < -0.4 is 0 Å². The van der Waals surface area contributed by atoms with E-state index in [0.717, 1.165) is 5.69 Å². The fourth-order valence-electron chi connectivity index (χ4n) is 2.83. The normalized spacial score (nSPS) is 24.0. The van der Waals surface area contributed by atoms with Crippen molar-refractivity contribution in [2.75, 3.05) is 26.3 Å². The standard InChI is InChI=1S/C13H16F4N4O3/c14-12(15)13(16,17)7-23-6-11(22)20-2-1-10-9(4-20)21-8(5-24-10)3-18-19-21/h3,9-10,12H,1-2,4-7H2. The fraction of sp³-hybridized carbons (Fsp3) is 0.769. The Balaban J connectivity index is 1.54. The summed E-state index contributed by atoms with van der Waals surface area (Å²) in [5.74, 6) is -4.80. The summed E-state index contributed by atoms with van der Waals surface area (Å²) in [7, 11) is 0. The first-order valence-corrected chi connectivity index (χ1v) is 7.40. The number of aromatic nitrogens is 3. The Morgan fingerprint density at radius 1 is 1.50 bits per heavy atom. The number of halogens is 4. The van der Waals surface area contributed by atoms with Crippen molar-refractivity contribution in [3.05, 3.63) is 11.9 Å². The Labute approximate surface area is 134 Å². The van der Waals surface area contributed by atoms with E-state index in [1.54, 1.807) is 10.9 Å². The number of piperidine rings is 1. The zero-order valence-electron chi connectivity index (χ0n) is 12.6. The molecule has 7 nitrogen and oxygen atoms in total. The van der Waals surface area contributed by atoms with Crippen LogP contribution in [0.1, 0.15) is 18.2 Å². The summed E-state index contributed by atoms with van der Waals surface area (Å²) in [4.78, 5) is 13.5. The lowest BCUT2D eigenvalue weighted by atomic mass is 10.0. The van der Waals surface area contributed by atoms with Gasteiger partial charge in [-0.1, -0.05) is 5.21 Å². The molecule has 1 saturated heterocycles. The molecule has 0 aliphatic carbocycles. The topological polar surface area (TPSA) is 69.5 Å². The van der Waals surface area contributed by atoms with Crippen LogP contribution in [-0.4, -0.2) is 70.6 Å². The molecule has 1 aromatic heterocycles. The third kappa shape index (κ3) is 3.36. The van der Waals surface area contributed by atoms with E-state index in [4.69, 9.17) is 4.74 Å². The third-order valence-electron chi connectivity index (χ3n) is 4.12. The number of alkyl halides is 4. The van der Waals surface area contributed by atoms with E-state index in [-0.39, 0.29) is 18.7 Å². The Morgan fingerprint density at radius 3 is 3.04 bits per heavy atom. The second kappa shape index (κ2) is 6.63. The molecule has 0 N–H and O–H groups in total. The van der Waals surface area contributed by atoms with Crippen molar-refractivity contribution >= 4 is 5.91 Å². The van der Waals surface area contributed by atoms with Crippen LogP contribution in [0.3, 0.4) is 0 Å². The van der Waals surface area contributed by atoms with E-state index < -0.39 is 31.5 Å². The van der Waals surface area contributed by atoms with E-state index in [1.807, 2.05) is 0 Å². The summed E-state index contributed by atoms with van der Waals surface area (Å²) in [6.45, 7) is -1.13. The quantitative estimate of drug-likeness (QED) is 0.736. The SMILES string of the molecule is O=C(COCC(F)(F)C(F)F)N1CCC2OCc3cnnn3C2C1. The Kier molecular flexibility index (Phi) is 4.72. The summed E-state index contributed by atoms with van der Waals surface area (Å²) in [6.07, 6.45) is -1.80. The molecule has 0 saturated carbocycles. The van der Waals surface area contributed by atoms with Crippen LogP contribution in [0.2, 0.25) is 0 Å². The highest BCUT2D eigenvalue weighted by molar-refractivity contribution is 5.77. The molecular weight excluding hydrogens is 336 g/mol. The summed E-state index contributed by atoms with van der Waals surface area (Å²) in [5, 5.41) is 7.79. The number of fused-ring (bicyclic) bond motifs is 3. The van der Waals surface area contributed by atoms with Gasteiger partial charge in [0.2, 0.25) is 5.91 Å². The highest BCUT2D eigenvalue weighted by Crippen LogP contribution is 2.30. The lowest BCUT2D eigenvalue weighted by Gasteiger charge is -2.40. The lowest BCUT2D eigenvalue weighted by Crippen LogP contribution is -2.50. The van der Waals surface area contributed by atoms with Gasteiger partial charge in [0.1, 0.15) is 13.2 Å². The van der Waals surface area contributed by atoms with Crippen LogP contribution in [0.25, 0.3) is 0 Å². The van der Waals surface area contributed by atoms with Gasteiger partial charge in [-0.15, -0.1) is 5.10 Å². The largest absolute Gasteiger partial charge is 0.370 e. The van der Waals surface area contributed by atoms with Crippen molar-refractivity contribution in [3.63, 3.8) is 0 Å². The van der Waals surface area contributed by atoms with Crippen LogP contribution in [0.5, 0.6) is 0 Å². The van der Waals surface area contributed by atoms with Gasteiger partial charge in [-0.25, -0.2) is 13.5 Å². The van der Waals surface area contributed by atoms with Gasteiger partial charge in [0, 0.05) is 13.1 Å². The van der Waals surface area contributed by atoms with Crippen molar-refractivity contribution < 1.29 is 31.8 Å². The number of rotatable bonds is 5. The molecule has 2 aliphatic rings. The first-order chi connectivity index (χ1) is 11.4. The van der Waals surface area contributed by atoms with Gasteiger partial charge in [-0.3, -0.25) is 4.79 Å². The minimum atomic E-state index is -4.26. The van der Waals surface area contributed by atoms with Gasteiger partial charge in [-0.05, 0) is 6.42 Å². The maximum atomic E-state index is 12.8. The number of hydrogen-bond acceptors (Lipinski definition) is 5. The molecule has 1 amide bonds. The van der Waals surface area contributed by atoms with Gasteiger partial charge in [0.05, 0.1) is 30.6 Å². The van der Waals surface area contributed by atoms with Crippen LogP contribution in [0.15, 0.2) is 6.20 Å². The molecule has 24 heavy (non-hydrogen) atoms. The number of hydrogen-bond donors (Lipinski definition) is 0. The summed E-state index contributed by atoms with van der Waals surface area (Å²) >= 11 is 0. The van der Waals surface area contributed by atoms with Crippen molar-refractivity contribution in [1.82, 2.24) is 19.9 Å². The van der Waals surface area contributed by atoms with Gasteiger partial charge in [0.25, 0.3) is 0 Å². The second-order valence-corrected chi connectivity index (χ2v) is 5.77. The minimum absolute atomic E-state index is 0.104. The molecule has 2 aliphatic heterocycles. The van der Waals surface area contributed by atoms with E-state index in [0.29, 0.717) is 19.6 Å². The molecule has 2 atom stereocenters. The van der Waals surface area contributed by atoms with Crippen molar-refractivity contribution in [3.8, 4) is 0 Å². The number of carbonyl (C=O) groups excluding carboxylic acids is 1. The lowest BCUT2D eigenvalue weighted by molar-refractivity contribution is -0.172. The highest BCUT2D eigenvalue weighted by Gasteiger charge is 2.42.